The van der Waals surface area contributed by atoms with E-state index < -0.39 is 17.4 Å². The normalized spacial score (nSPS) is 16.1. The minimum absolute atomic E-state index is 0.258. The number of carbonyl (C=O) groups excluding carboxylic acids is 1. The van der Waals surface area contributed by atoms with E-state index >= 15 is 0 Å². The van der Waals surface area contributed by atoms with Gasteiger partial charge in [-0.15, -0.1) is 6.58 Å². The van der Waals surface area contributed by atoms with E-state index in [2.05, 4.69) is 6.58 Å². The fourth-order valence-corrected chi connectivity index (χ4v) is 1.81. The van der Waals surface area contributed by atoms with Crippen LogP contribution in [0, 0.1) is 0 Å². The highest BCUT2D eigenvalue weighted by Crippen LogP contribution is 2.31. The Bertz CT molecular complexity index is 375. The molecule has 0 aliphatic rings. The van der Waals surface area contributed by atoms with Gasteiger partial charge < -0.3 is 10.8 Å². The molecule has 0 saturated carbocycles. The smallest absolute Gasteiger partial charge is 0.250 e. The molecule has 86 valence electrons. The number of benzene rings is 1. The van der Waals surface area contributed by atoms with Gasteiger partial charge in [0.15, 0.2) is 5.60 Å². The summed E-state index contributed by atoms with van der Waals surface area (Å²) < 4.78 is 0. The topological polar surface area (TPSA) is 63.3 Å². The van der Waals surface area contributed by atoms with Crippen LogP contribution in [0.2, 0.25) is 0 Å². The first kappa shape index (κ1) is 12.5. The lowest BCUT2D eigenvalue weighted by Crippen LogP contribution is -2.47. The van der Waals surface area contributed by atoms with Gasteiger partial charge >= 0.3 is 0 Å². The van der Waals surface area contributed by atoms with Gasteiger partial charge in [-0.2, -0.15) is 0 Å². The Labute approximate surface area is 95.6 Å². The molecule has 0 spiro atoms. The molecule has 0 heterocycles. The van der Waals surface area contributed by atoms with E-state index in [1.165, 1.54) is 0 Å². The number of nitrogens with two attached hydrogens (primary N) is 1. The molecule has 0 aliphatic heterocycles. The van der Waals surface area contributed by atoms with Crippen LogP contribution < -0.4 is 5.73 Å². The lowest BCUT2D eigenvalue weighted by molar-refractivity contribution is -0.137. The fourth-order valence-electron chi connectivity index (χ4n) is 1.81. The summed E-state index contributed by atoms with van der Waals surface area (Å²) >= 11 is 0. The molecule has 3 N–H and O–H groups in total. The van der Waals surface area contributed by atoms with E-state index in [0.717, 1.165) is 5.56 Å². The van der Waals surface area contributed by atoms with E-state index in [9.17, 15) is 9.90 Å². The molecule has 1 aromatic rings. The van der Waals surface area contributed by atoms with Crippen LogP contribution in [0.4, 0.5) is 0 Å². The summed E-state index contributed by atoms with van der Waals surface area (Å²) in [7, 11) is 0. The zero-order valence-electron chi connectivity index (χ0n) is 9.39. The van der Waals surface area contributed by atoms with E-state index in [1.807, 2.05) is 30.3 Å². The van der Waals surface area contributed by atoms with Crippen LogP contribution in [-0.4, -0.2) is 16.6 Å². The molecular formula is C13H17NO2. The first-order chi connectivity index (χ1) is 7.56. The third-order valence-corrected chi connectivity index (χ3v) is 2.87. The molecule has 0 bridgehead atoms. The minimum atomic E-state index is -1.57. The number of carbonyl (C=O) groups is 1. The molecule has 1 amide bonds. The number of hydrogen-bond acceptors (Lipinski definition) is 2. The number of hydrogen-bond donors (Lipinski definition) is 2. The Hall–Kier alpha value is -1.61. The molecule has 3 nitrogen and oxygen atoms in total. The number of amides is 1. The monoisotopic (exact) mass is 219 g/mol. The molecule has 2 atom stereocenters. The summed E-state index contributed by atoms with van der Waals surface area (Å²) in [6.45, 7) is 5.39. The molecule has 0 aliphatic carbocycles. The van der Waals surface area contributed by atoms with Crippen LogP contribution in [0.5, 0.6) is 0 Å². The Kier molecular flexibility index (Phi) is 3.85. The van der Waals surface area contributed by atoms with Crippen molar-refractivity contribution in [1.29, 1.82) is 0 Å². The molecule has 0 unspecified atom stereocenters. The summed E-state index contributed by atoms with van der Waals surface area (Å²) in [6.07, 6.45) is 1.82. The highest BCUT2D eigenvalue weighted by molar-refractivity contribution is 5.84. The summed E-state index contributed by atoms with van der Waals surface area (Å²) in [6, 6.07) is 9.26. The zero-order valence-corrected chi connectivity index (χ0v) is 9.39. The average molecular weight is 219 g/mol. The van der Waals surface area contributed by atoms with Crippen molar-refractivity contribution >= 4 is 5.91 Å². The van der Waals surface area contributed by atoms with Crippen molar-refractivity contribution < 1.29 is 9.90 Å². The molecule has 3 heteroatoms. The van der Waals surface area contributed by atoms with Gasteiger partial charge in [0.1, 0.15) is 0 Å². The molecule has 16 heavy (non-hydrogen) atoms. The van der Waals surface area contributed by atoms with Crippen LogP contribution in [0.25, 0.3) is 0 Å². The predicted octanol–water partition coefficient (Wildman–Crippen LogP) is 1.58. The Morgan fingerprint density at radius 3 is 2.50 bits per heavy atom. The Morgan fingerprint density at radius 2 is 2.12 bits per heavy atom. The first-order valence-electron chi connectivity index (χ1n) is 5.26. The second-order valence-corrected chi connectivity index (χ2v) is 3.77. The molecular weight excluding hydrogens is 202 g/mol. The van der Waals surface area contributed by atoms with Crippen molar-refractivity contribution in [2.45, 2.75) is 24.9 Å². The average Bonchev–Trinajstić information content (AvgIpc) is 2.30. The lowest BCUT2D eigenvalue weighted by Gasteiger charge is -2.30. The van der Waals surface area contributed by atoms with E-state index in [-0.39, 0.29) is 6.42 Å². The van der Waals surface area contributed by atoms with Gasteiger partial charge in [0.05, 0.1) is 0 Å². The van der Waals surface area contributed by atoms with Gasteiger partial charge in [-0.1, -0.05) is 43.3 Å². The quantitative estimate of drug-likeness (QED) is 0.738. The van der Waals surface area contributed by atoms with Crippen LogP contribution in [0.1, 0.15) is 24.8 Å². The second kappa shape index (κ2) is 4.94. The van der Waals surface area contributed by atoms with Crippen LogP contribution >= 0.6 is 0 Å². The van der Waals surface area contributed by atoms with Gasteiger partial charge in [-0.25, -0.2) is 0 Å². The lowest BCUT2D eigenvalue weighted by atomic mass is 9.80. The molecule has 0 fully saturated rings. The van der Waals surface area contributed by atoms with Crippen molar-refractivity contribution in [1.82, 2.24) is 0 Å². The minimum Gasteiger partial charge on any atom is -0.379 e. The standard InChI is InChI=1S/C13H17NO2/c1-3-11(10-8-6-5-7-9-10)13(16,4-2)12(14)15/h3,5-9,11,16H,1,4H2,2H3,(H2,14,15)/t11-,13-/m1/s1. The predicted molar refractivity (Wildman–Crippen MR) is 63.8 cm³/mol. The van der Waals surface area contributed by atoms with E-state index in [1.54, 1.807) is 13.0 Å². The Balaban J connectivity index is 3.16. The van der Waals surface area contributed by atoms with Crippen LogP contribution in [-0.2, 0) is 4.79 Å². The summed E-state index contributed by atoms with van der Waals surface area (Å²) in [5.74, 6) is -1.19. The van der Waals surface area contributed by atoms with Crippen molar-refractivity contribution in [3.63, 3.8) is 0 Å². The molecule has 1 aromatic carbocycles. The highest BCUT2D eigenvalue weighted by atomic mass is 16.3. The summed E-state index contributed by atoms with van der Waals surface area (Å²) in [5, 5.41) is 10.3. The largest absolute Gasteiger partial charge is 0.379 e. The van der Waals surface area contributed by atoms with Crippen LogP contribution in [0.3, 0.4) is 0 Å². The number of aliphatic hydroxyl groups is 1. The van der Waals surface area contributed by atoms with Gasteiger partial charge in [-0.3, -0.25) is 4.79 Å². The van der Waals surface area contributed by atoms with Gasteiger partial charge in [-0.05, 0) is 12.0 Å². The summed E-state index contributed by atoms with van der Waals surface area (Å²) in [5.41, 5.74) is 4.53. The maximum Gasteiger partial charge on any atom is 0.250 e. The summed E-state index contributed by atoms with van der Waals surface area (Å²) in [4.78, 5) is 11.4. The van der Waals surface area contributed by atoms with Crippen molar-refractivity contribution in [2.75, 3.05) is 0 Å². The number of primary amides is 1. The van der Waals surface area contributed by atoms with E-state index in [4.69, 9.17) is 5.73 Å². The zero-order chi connectivity index (χ0) is 12.2. The second-order valence-electron chi connectivity index (χ2n) is 3.77. The van der Waals surface area contributed by atoms with Gasteiger partial charge in [0.2, 0.25) is 5.91 Å². The van der Waals surface area contributed by atoms with Gasteiger partial charge in [0.25, 0.3) is 0 Å². The third-order valence-electron chi connectivity index (χ3n) is 2.87. The molecule has 0 radical (unpaired) electrons. The maximum atomic E-state index is 11.4. The first-order valence-corrected chi connectivity index (χ1v) is 5.26. The van der Waals surface area contributed by atoms with Gasteiger partial charge in [0, 0.05) is 5.92 Å². The highest BCUT2D eigenvalue weighted by Gasteiger charge is 2.39. The van der Waals surface area contributed by atoms with E-state index in [0.29, 0.717) is 0 Å². The number of rotatable bonds is 5. The van der Waals surface area contributed by atoms with Crippen molar-refractivity contribution in [2.24, 2.45) is 5.73 Å². The Morgan fingerprint density at radius 1 is 1.56 bits per heavy atom. The fraction of sp³-hybridized carbons (Fsp3) is 0.308. The SMILES string of the molecule is C=C[C@H](c1ccccc1)[C@](O)(CC)C(N)=O. The third kappa shape index (κ3) is 2.14. The van der Waals surface area contributed by atoms with Crippen molar-refractivity contribution in [3.8, 4) is 0 Å². The molecule has 0 saturated heterocycles. The maximum absolute atomic E-state index is 11.4. The van der Waals surface area contributed by atoms with Crippen molar-refractivity contribution in [3.05, 3.63) is 48.6 Å². The molecule has 1 rings (SSSR count). The van der Waals surface area contributed by atoms with Crippen LogP contribution in [0.15, 0.2) is 43.0 Å². The molecule has 0 aromatic heterocycles.